The molecule has 0 aliphatic carbocycles. The third-order valence-corrected chi connectivity index (χ3v) is 3.34. The Kier molecular flexibility index (Phi) is 4.63. The first-order valence-corrected chi connectivity index (χ1v) is 6.51. The van der Waals surface area contributed by atoms with Gasteiger partial charge in [-0.3, -0.25) is 4.79 Å². The number of rotatable bonds is 3. The van der Waals surface area contributed by atoms with Crippen LogP contribution in [0.2, 0.25) is 5.02 Å². The third kappa shape index (κ3) is 3.83. The molecular formula is C13H17ClN2O3. The van der Waals surface area contributed by atoms with E-state index in [-0.39, 0.29) is 22.8 Å². The van der Waals surface area contributed by atoms with Crippen molar-refractivity contribution in [1.82, 2.24) is 10.2 Å². The third-order valence-electron chi connectivity index (χ3n) is 3.04. The summed E-state index contributed by atoms with van der Waals surface area (Å²) in [6.45, 7) is 2.86. The summed E-state index contributed by atoms with van der Waals surface area (Å²) in [6, 6.07) is 4.38. The summed E-state index contributed by atoms with van der Waals surface area (Å²) in [5.41, 5.74) is 0.423. The second-order valence-corrected chi connectivity index (χ2v) is 5.04. The Labute approximate surface area is 117 Å². The maximum absolute atomic E-state index is 11.9. The Balaban J connectivity index is 1.88. The predicted molar refractivity (Wildman–Crippen MR) is 72.7 cm³/mol. The molecule has 1 unspecified atom stereocenters. The number of carbonyl (C=O) groups is 1. The summed E-state index contributed by atoms with van der Waals surface area (Å²) in [6.07, 6.45) is 0.00952. The summed E-state index contributed by atoms with van der Waals surface area (Å²) in [5, 5.41) is 12.3. The molecule has 19 heavy (non-hydrogen) atoms. The van der Waals surface area contributed by atoms with E-state index in [1.807, 2.05) is 7.05 Å². The maximum Gasteiger partial charge on any atom is 0.251 e. The number of hydrogen-bond acceptors (Lipinski definition) is 4. The van der Waals surface area contributed by atoms with E-state index in [2.05, 4.69) is 10.2 Å². The molecule has 1 aliphatic rings. The monoisotopic (exact) mass is 284 g/mol. The van der Waals surface area contributed by atoms with Gasteiger partial charge in [0.2, 0.25) is 0 Å². The highest BCUT2D eigenvalue weighted by Crippen LogP contribution is 2.23. The topological polar surface area (TPSA) is 61.8 Å². The summed E-state index contributed by atoms with van der Waals surface area (Å²) < 4.78 is 5.56. The Morgan fingerprint density at radius 3 is 3.11 bits per heavy atom. The van der Waals surface area contributed by atoms with E-state index >= 15 is 0 Å². The van der Waals surface area contributed by atoms with Gasteiger partial charge < -0.3 is 20.1 Å². The molecule has 0 bridgehead atoms. The number of morpholine rings is 1. The number of phenols is 1. The highest BCUT2D eigenvalue weighted by molar-refractivity contribution is 6.32. The van der Waals surface area contributed by atoms with Crippen LogP contribution in [-0.2, 0) is 4.74 Å². The molecule has 1 aromatic carbocycles. The number of hydrogen-bond donors (Lipinski definition) is 2. The minimum atomic E-state index is -0.223. The van der Waals surface area contributed by atoms with Crippen LogP contribution in [0.25, 0.3) is 0 Å². The number of ether oxygens (including phenoxy) is 1. The van der Waals surface area contributed by atoms with Crippen LogP contribution in [0, 0.1) is 0 Å². The molecule has 1 heterocycles. The number of benzene rings is 1. The van der Waals surface area contributed by atoms with Crippen molar-refractivity contribution in [2.75, 3.05) is 33.3 Å². The first-order valence-electron chi connectivity index (χ1n) is 6.13. The van der Waals surface area contributed by atoms with E-state index in [1.54, 1.807) is 0 Å². The first-order chi connectivity index (χ1) is 9.06. The van der Waals surface area contributed by atoms with Crippen LogP contribution >= 0.6 is 11.6 Å². The molecule has 0 radical (unpaired) electrons. The zero-order valence-corrected chi connectivity index (χ0v) is 11.5. The fourth-order valence-electron chi connectivity index (χ4n) is 1.95. The van der Waals surface area contributed by atoms with Crippen molar-refractivity contribution in [3.8, 4) is 5.75 Å². The first kappa shape index (κ1) is 14.1. The van der Waals surface area contributed by atoms with Gasteiger partial charge in [-0.1, -0.05) is 11.6 Å². The fourth-order valence-corrected chi connectivity index (χ4v) is 2.13. The minimum absolute atomic E-state index is 0.00952. The number of aromatic hydroxyl groups is 1. The molecule has 0 saturated carbocycles. The van der Waals surface area contributed by atoms with Crippen molar-refractivity contribution in [3.05, 3.63) is 28.8 Å². The highest BCUT2D eigenvalue weighted by atomic mass is 35.5. The van der Waals surface area contributed by atoms with E-state index in [1.165, 1.54) is 18.2 Å². The van der Waals surface area contributed by atoms with Crippen LogP contribution < -0.4 is 5.32 Å². The molecule has 1 fully saturated rings. The molecule has 1 amide bonds. The van der Waals surface area contributed by atoms with Gasteiger partial charge in [-0.25, -0.2) is 0 Å². The Morgan fingerprint density at radius 2 is 2.42 bits per heavy atom. The SMILES string of the molecule is CN1CCOC(CNC(=O)c2ccc(O)c(Cl)c2)C1. The van der Waals surface area contributed by atoms with Crippen molar-refractivity contribution in [2.45, 2.75) is 6.10 Å². The van der Waals surface area contributed by atoms with Crippen LogP contribution in [0.3, 0.4) is 0 Å². The standard InChI is InChI=1S/C13H17ClN2O3/c1-16-4-5-19-10(8-16)7-15-13(18)9-2-3-12(17)11(14)6-9/h2-3,6,10,17H,4-5,7-8H2,1H3,(H,15,18). The van der Waals surface area contributed by atoms with Crippen LogP contribution in [0.15, 0.2) is 18.2 Å². The lowest BCUT2D eigenvalue weighted by molar-refractivity contribution is -0.0175. The lowest BCUT2D eigenvalue weighted by Gasteiger charge is -2.30. The predicted octanol–water partition coefficient (Wildman–Crippen LogP) is 1.11. The highest BCUT2D eigenvalue weighted by Gasteiger charge is 2.18. The summed E-state index contributed by atoms with van der Waals surface area (Å²) in [4.78, 5) is 14.1. The number of carbonyl (C=O) groups excluding carboxylic acids is 1. The summed E-state index contributed by atoms with van der Waals surface area (Å²) >= 11 is 5.76. The fraction of sp³-hybridized carbons (Fsp3) is 0.462. The molecule has 2 rings (SSSR count). The van der Waals surface area contributed by atoms with Crippen LogP contribution in [0.1, 0.15) is 10.4 Å². The van der Waals surface area contributed by atoms with Crippen LogP contribution in [-0.4, -0.2) is 55.3 Å². The molecule has 1 saturated heterocycles. The number of phenolic OH excluding ortho intramolecular Hbond substituents is 1. The number of nitrogens with one attached hydrogen (secondary N) is 1. The number of amides is 1. The average molecular weight is 285 g/mol. The Morgan fingerprint density at radius 1 is 1.63 bits per heavy atom. The largest absolute Gasteiger partial charge is 0.506 e. The van der Waals surface area contributed by atoms with E-state index in [4.69, 9.17) is 16.3 Å². The second-order valence-electron chi connectivity index (χ2n) is 4.63. The summed E-state index contributed by atoms with van der Waals surface area (Å²) in [7, 11) is 2.02. The summed E-state index contributed by atoms with van der Waals surface area (Å²) in [5.74, 6) is -0.255. The zero-order valence-electron chi connectivity index (χ0n) is 10.7. The van der Waals surface area contributed by atoms with Gasteiger partial charge >= 0.3 is 0 Å². The van der Waals surface area contributed by atoms with E-state index in [0.717, 1.165) is 13.1 Å². The second kappa shape index (κ2) is 6.23. The Bertz CT molecular complexity index is 467. The number of nitrogens with zero attached hydrogens (tertiary/aromatic N) is 1. The van der Waals surface area contributed by atoms with Crippen molar-refractivity contribution >= 4 is 17.5 Å². The quantitative estimate of drug-likeness (QED) is 0.873. The van der Waals surface area contributed by atoms with Gasteiger partial charge in [-0.2, -0.15) is 0 Å². The van der Waals surface area contributed by atoms with Crippen molar-refractivity contribution in [3.63, 3.8) is 0 Å². The van der Waals surface area contributed by atoms with Gasteiger partial charge in [-0.05, 0) is 25.2 Å². The molecular weight excluding hydrogens is 268 g/mol. The van der Waals surface area contributed by atoms with Gasteiger partial charge in [0.05, 0.1) is 17.7 Å². The number of likely N-dealkylation sites (N-methyl/N-ethyl adjacent to an activating group) is 1. The van der Waals surface area contributed by atoms with Gasteiger partial charge in [0.1, 0.15) is 5.75 Å². The van der Waals surface area contributed by atoms with E-state index < -0.39 is 0 Å². The molecule has 5 nitrogen and oxygen atoms in total. The zero-order chi connectivity index (χ0) is 13.8. The van der Waals surface area contributed by atoms with E-state index in [0.29, 0.717) is 18.7 Å². The van der Waals surface area contributed by atoms with Gasteiger partial charge in [0.25, 0.3) is 5.91 Å². The van der Waals surface area contributed by atoms with Gasteiger partial charge in [0, 0.05) is 25.2 Å². The molecule has 2 N–H and O–H groups in total. The molecule has 6 heteroatoms. The molecule has 0 spiro atoms. The Hall–Kier alpha value is -1.30. The van der Waals surface area contributed by atoms with E-state index in [9.17, 15) is 9.90 Å². The van der Waals surface area contributed by atoms with Crippen LogP contribution in [0.4, 0.5) is 0 Å². The van der Waals surface area contributed by atoms with Crippen molar-refractivity contribution in [1.29, 1.82) is 0 Å². The van der Waals surface area contributed by atoms with Crippen molar-refractivity contribution < 1.29 is 14.6 Å². The molecule has 1 aromatic rings. The van der Waals surface area contributed by atoms with Crippen LogP contribution in [0.5, 0.6) is 5.75 Å². The smallest absolute Gasteiger partial charge is 0.251 e. The lowest BCUT2D eigenvalue weighted by atomic mass is 10.2. The molecule has 104 valence electrons. The number of halogens is 1. The average Bonchev–Trinajstić information content (AvgIpc) is 2.39. The maximum atomic E-state index is 11.9. The van der Waals surface area contributed by atoms with Gasteiger partial charge in [0.15, 0.2) is 0 Å². The van der Waals surface area contributed by atoms with Crippen molar-refractivity contribution in [2.24, 2.45) is 0 Å². The normalized spacial score (nSPS) is 20.2. The molecule has 1 aliphatic heterocycles. The molecule has 0 aromatic heterocycles. The minimum Gasteiger partial charge on any atom is -0.506 e. The molecule has 1 atom stereocenters. The van der Waals surface area contributed by atoms with Gasteiger partial charge in [-0.15, -0.1) is 0 Å². The lowest BCUT2D eigenvalue weighted by Crippen LogP contribution is -2.45.